The lowest BCUT2D eigenvalue weighted by Crippen LogP contribution is -2.49. The zero-order chi connectivity index (χ0) is 15.7. The van der Waals surface area contributed by atoms with Crippen molar-refractivity contribution in [2.75, 3.05) is 0 Å². The van der Waals surface area contributed by atoms with E-state index in [0.717, 1.165) is 23.4 Å². The van der Waals surface area contributed by atoms with Gasteiger partial charge in [0.15, 0.2) is 0 Å². The van der Waals surface area contributed by atoms with E-state index in [1.165, 1.54) is 19.3 Å². The van der Waals surface area contributed by atoms with E-state index in [0.29, 0.717) is 17.9 Å². The Morgan fingerprint density at radius 1 is 1.23 bits per heavy atom. The van der Waals surface area contributed by atoms with Gasteiger partial charge in [0.05, 0.1) is 6.04 Å². The van der Waals surface area contributed by atoms with E-state index in [9.17, 15) is 4.79 Å². The van der Waals surface area contributed by atoms with Gasteiger partial charge in [-0.3, -0.25) is 4.79 Å². The van der Waals surface area contributed by atoms with Crippen molar-refractivity contribution in [2.24, 2.45) is 23.5 Å². The summed E-state index contributed by atoms with van der Waals surface area (Å²) >= 11 is 5.91. The standard InChI is InChI=1S/C18H25ClN2O/c1-11(12-5-7-16(19)8-6-12)21-18(22)15-9-13-3-2-4-14(10-15)17(13)20/h5-8,11,13-15,17H,2-4,9-10,20H2,1H3,(H,21,22). The van der Waals surface area contributed by atoms with Crippen LogP contribution in [0.4, 0.5) is 0 Å². The Morgan fingerprint density at radius 2 is 1.82 bits per heavy atom. The van der Waals surface area contributed by atoms with Gasteiger partial charge in [0.25, 0.3) is 0 Å². The fourth-order valence-electron chi connectivity index (χ4n) is 4.17. The third-order valence-corrected chi connectivity index (χ3v) is 5.76. The summed E-state index contributed by atoms with van der Waals surface area (Å²) in [5.74, 6) is 1.39. The SMILES string of the molecule is CC(NC(=O)C1CC2CCCC(C1)C2N)c1ccc(Cl)cc1. The minimum Gasteiger partial charge on any atom is -0.349 e. The molecule has 1 aromatic rings. The minimum atomic E-state index is 0.0141. The summed E-state index contributed by atoms with van der Waals surface area (Å²) in [6, 6.07) is 8.00. The molecule has 2 bridgehead atoms. The number of rotatable bonds is 3. The van der Waals surface area contributed by atoms with Crippen LogP contribution >= 0.6 is 11.6 Å². The number of carbonyl (C=O) groups excluding carboxylic acids is 1. The van der Waals surface area contributed by atoms with E-state index < -0.39 is 0 Å². The smallest absolute Gasteiger partial charge is 0.223 e. The number of hydrogen-bond donors (Lipinski definition) is 2. The molecule has 0 radical (unpaired) electrons. The number of carbonyl (C=O) groups is 1. The van der Waals surface area contributed by atoms with Gasteiger partial charge < -0.3 is 11.1 Å². The largest absolute Gasteiger partial charge is 0.349 e. The van der Waals surface area contributed by atoms with Crippen molar-refractivity contribution in [1.82, 2.24) is 5.32 Å². The van der Waals surface area contributed by atoms with Gasteiger partial charge in [-0.1, -0.05) is 30.2 Å². The molecule has 2 aliphatic rings. The normalized spacial score (nSPS) is 32.3. The van der Waals surface area contributed by atoms with Crippen LogP contribution in [0, 0.1) is 17.8 Å². The number of hydrogen-bond acceptors (Lipinski definition) is 2. The molecule has 0 aromatic heterocycles. The molecule has 120 valence electrons. The Hall–Kier alpha value is -1.06. The van der Waals surface area contributed by atoms with Gasteiger partial charge in [-0.2, -0.15) is 0 Å². The number of halogens is 1. The van der Waals surface area contributed by atoms with Gasteiger partial charge in [0.2, 0.25) is 5.91 Å². The first-order valence-electron chi connectivity index (χ1n) is 8.36. The average molecular weight is 321 g/mol. The number of nitrogens with one attached hydrogen (secondary N) is 1. The van der Waals surface area contributed by atoms with Crippen LogP contribution in [-0.4, -0.2) is 11.9 Å². The lowest BCUT2D eigenvalue weighted by atomic mass is 9.65. The van der Waals surface area contributed by atoms with Crippen LogP contribution in [0.5, 0.6) is 0 Å². The molecule has 22 heavy (non-hydrogen) atoms. The zero-order valence-corrected chi connectivity index (χ0v) is 13.9. The van der Waals surface area contributed by atoms with Gasteiger partial charge in [0, 0.05) is 17.0 Å². The van der Waals surface area contributed by atoms with Crippen molar-refractivity contribution in [3.05, 3.63) is 34.9 Å². The lowest BCUT2D eigenvalue weighted by molar-refractivity contribution is -0.128. The first kappa shape index (κ1) is 15.8. The van der Waals surface area contributed by atoms with E-state index in [-0.39, 0.29) is 17.9 Å². The Bertz CT molecular complexity index is 516. The molecule has 4 heteroatoms. The van der Waals surface area contributed by atoms with E-state index in [1.54, 1.807) is 0 Å². The summed E-state index contributed by atoms with van der Waals surface area (Å²) < 4.78 is 0. The lowest BCUT2D eigenvalue weighted by Gasteiger charge is -2.43. The van der Waals surface area contributed by atoms with Crippen LogP contribution in [-0.2, 0) is 4.79 Å². The summed E-state index contributed by atoms with van der Waals surface area (Å²) in [6.45, 7) is 2.02. The molecule has 0 spiro atoms. The Morgan fingerprint density at radius 3 is 2.41 bits per heavy atom. The molecule has 3 unspecified atom stereocenters. The molecule has 3 atom stereocenters. The first-order valence-corrected chi connectivity index (χ1v) is 8.74. The van der Waals surface area contributed by atoms with E-state index in [2.05, 4.69) is 5.32 Å². The molecule has 3 N–H and O–H groups in total. The highest BCUT2D eigenvalue weighted by Gasteiger charge is 2.40. The molecule has 0 aliphatic heterocycles. The Balaban J connectivity index is 1.61. The van der Waals surface area contributed by atoms with Crippen molar-refractivity contribution < 1.29 is 4.79 Å². The molecule has 2 aliphatic carbocycles. The van der Waals surface area contributed by atoms with Crippen LogP contribution < -0.4 is 11.1 Å². The topological polar surface area (TPSA) is 55.1 Å². The van der Waals surface area contributed by atoms with E-state index in [1.807, 2.05) is 31.2 Å². The predicted molar refractivity (Wildman–Crippen MR) is 89.5 cm³/mol. The number of fused-ring (bicyclic) bond motifs is 2. The zero-order valence-electron chi connectivity index (χ0n) is 13.1. The summed E-state index contributed by atoms with van der Waals surface area (Å²) in [5.41, 5.74) is 7.40. The monoisotopic (exact) mass is 320 g/mol. The van der Waals surface area contributed by atoms with Gasteiger partial charge in [-0.15, -0.1) is 0 Å². The molecule has 2 saturated carbocycles. The van der Waals surface area contributed by atoms with Crippen LogP contribution in [0.25, 0.3) is 0 Å². The maximum absolute atomic E-state index is 12.6. The molecular weight excluding hydrogens is 296 g/mol. The predicted octanol–water partition coefficient (Wildman–Crippen LogP) is 3.67. The van der Waals surface area contributed by atoms with Crippen LogP contribution in [0.1, 0.15) is 50.6 Å². The van der Waals surface area contributed by atoms with Gasteiger partial charge >= 0.3 is 0 Å². The van der Waals surface area contributed by atoms with Crippen molar-refractivity contribution in [3.63, 3.8) is 0 Å². The van der Waals surface area contributed by atoms with Crippen molar-refractivity contribution in [1.29, 1.82) is 0 Å². The maximum Gasteiger partial charge on any atom is 0.223 e. The van der Waals surface area contributed by atoms with Crippen molar-refractivity contribution in [3.8, 4) is 0 Å². The highest BCUT2D eigenvalue weighted by atomic mass is 35.5. The maximum atomic E-state index is 12.6. The molecule has 1 amide bonds. The van der Waals surface area contributed by atoms with Crippen LogP contribution in [0.3, 0.4) is 0 Å². The second kappa shape index (κ2) is 6.59. The molecule has 0 heterocycles. The molecule has 1 aromatic carbocycles. The highest BCUT2D eigenvalue weighted by Crippen LogP contribution is 2.42. The third kappa shape index (κ3) is 3.31. The van der Waals surface area contributed by atoms with Crippen molar-refractivity contribution in [2.45, 2.75) is 51.1 Å². The van der Waals surface area contributed by atoms with Gasteiger partial charge in [0.1, 0.15) is 0 Å². The number of nitrogens with two attached hydrogens (primary N) is 1. The molecule has 3 rings (SSSR count). The van der Waals surface area contributed by atoms with Crippen LogP contribution in [0.15, 0.2) is 24.3 Å². The van der Waals surface area contributed by atoms with E-state index >= 15 is 0 Å². The molecular formula is C18H25ClN2O. The average Bonchev–Trinajstić information content (AvgIpc) is 2.47. The molecule has 3 nitrogen and oxygen atoms in total. The second-order valence-corrected chi connectivity index (χ2v) is 7.42. The first-order chi connectivity index (χ1) is 10.5. The number of amides is 1. The quantitative estimate of drug-likeness (QED) is 0.892. The highest BCUT2D eigenvalue weighted by molar-refractivity contribution is 6.30. The van der Waals surface area contributed by atoms with Gasteiger partial charge in [-0.25, -0.2) is 0 Å². The summed E-state index contributed by atoms with van der Waals surface area (Å²) in [4.78, 5) is 12.6. The Labute approximate surface area is 137 Å². The van der Waals surface area contributed by atoms with E-state index in [4.69, 9.17) is 17.3 Å². The van der Waals surface area contributed by atoms with Crippen LogP contribution in [0.2, 0.25) is 5.02 Å². The van der Waals surface area contributed by atoms with Gasteiger partial charge in [-0.05, 0) is 62.1 Å². The third-order valence-electron chi connectivity index (χ3n) is 5.51. The number of benzene rings is 1. The summed E-state index contributed by atoms with van der Waals surface area (Å²) in [6.07, 6.45) is 5.56. The molecule has 0 saturated heterocycles. The second-order valence-electron chi connectivity index (χ2n) is 6.98. The summed E-state index contributed by atoms with van der Waals surface area (Å²) in [7, 11) is 0. The summed E-state index contributed by atoms with van der Waals surface area (Å²) in [5, 5.41) is 3.89. The minimum absolute atomic E-state index is 0.0141. The Kier molecular flexibility index (Phi) is 4.74. The van der Waals surface area contributed by atoms with Crippen molar-refractivity contribution >= 4 is 17.5 Å². The fourth-order valence-corrected chi connectivity index (χ4v) is 4.30. The fraction of sp³-hybridized carbons (Fsp3) is 0.611. The molecule has 2 fully saturated rings.